The molecule has 0 aromatic rings. The Bertz CT molecular complexity index is 232. The Kier molecular flexibility index (Phi) is 3.77. The quantitative estimate of drug-likeness (QED) is 0.770. The molecule has 0 bridgehead atoms. The maximum atomic E-state index is 11.8. The second kappa shape index (κ2) is 4.52. The molecular weight excluding hydrogens is 188 g/mol. The maximum Gasteiger partial charge on any atom is 0.222 e. The molecule has 1 saturated heterocycles. The largest absolute Gasteiger partial charge is 0.342 e. The lowest BCUT2D eigenvalue weighted by Gasteiger charge is -2.27. The molecule has 2 unspecified atom stereocenters. The van der Waals surface area contributed by atoms with E-state index in [0.29, 0.717) is 30.7 Å². The van der Waals surface area contributed by atoms with Crippen molar-refractivity contribution in [2.45, 2.75) is 34.1 Å². The summed E-state index contributed by atoms with van der Waals surface area (Å²) >= 11 is 0. The van der Waals surface area contributed by atoms with Gasteiger partial charge < -0.3 is 10.6 Å². The van der Waals surface area contributed by atoms with Crippen molar-refractivity contribution >= 4 is 5.91 Å². The van der Waals surface area contributed by atoms with Gasteiger partial charge in [-0.25, -0.2) is 0 Å². The molecule has 0 aromatic heterocycles. The van der Waals surface area contributed by atoms with Crippen LogP contribution >= 0.6 is 0 Å². The fourth-order valence-electron chi connectivity index (χ4n) is 1.98. The lowest BCUT2D eigenvalue weighted by atomic mass is 9.80. The van der Waals surface area contributed by atoms with Crippen LogP contribution in [-0.2, 0) is 4.79 Å². The fraction of sp³-hybridized carbons (Fsp3) is 0.917. The Morgan fingerprint density at radius 3 is 2.53 bits per heavy atom. The van der Waals surface area contributed by atoms with Crippen molar-refractivity contribution in [1.82, 2.24) is 4.90 Å². The van der Waals surface area contributed by atoms with Crippen LogP contribution in [0.4, 0.5) is 0 Å². The van der Waals surface area contributed by atoms with Gasteiger partial charge in [0.2, 0.25) is 5.91 Å². The van der Waals surface area contributed by atoms with Crippen LogP contribution in [0.3, 0.4) is 0 Å². The monoisotopic (exact) mass is 212 g/mol. The number of hydrogen-bond acceptors (Lipinski definition) is 2. The zero-order chi connectivity index (χ0) is 11.6. The van der Waals surface area contributed by atoms with Gasteiger partial charge in [0.25, 0.3) is 0 Å². The van der Waals surface area contributed by atoms with Crippen molar-refractivity contribution in [2.75, 3.05) is 19.6 Å². The molecule has 1 aliphatic heterocycles. The van der Waals surface area contributed by atoms with Crippen molar-refractivity contribution in [2.24, 2.45) is 23.0 Å². The van der Waals surface area contributed by atoms with E-state index >= 15 is 0 Å². The average Bonchev–Trinajstić information content (AvgIpc) is 2.47. The predicted octanol–water partition coefficient (Wildman–Crippen LogP) is 1.48. The molecule has 0 aliphatic carbocycles. The van der Waals surface area contributed by atoms with E-state index < -0.39 is 0 Å². The fourth-order valence-corrected chi connectivity index (χ4v) is 1.98. The number of nitrogens with two attached hydrogens (primary N) is 1. The van der Waals surface area contributed by atoms with E-state index in [4.69, 9.17) is 5.73 Å². The van der Waals surface area contributed by atoms with E-state index in [0.717, 1.165) is 13.1 Å². The molecule has 1 rings (SSSR count). The number of carbonyl (C=O) groups excluding carboxylic acids is 1. The second-order valence-corrected chi connectivity index (χ2v) is 5.91. The maximum absolute atomic E-state index is 11.8. The molecule has 0 aromatic carbocycles. The highest BCUT2D eigenvalue weighted by Crippen LogP contribution is 2.34. The molecule has 0 radical (unpaired) electrons. The Balaban J connectivity index is 2.53. The Hall–Kier alpha value is -0.570. The standard InChI is InChI=1S/C12H24N2O/c1-9(6-13)7-14-8-10(5-11(14)15)12(2,3)4/h9-10H,5-8,13H2,1-4H3. The first-order valence-corrected chi connectivity index (χ1v) is 5.82. The van der Waals surface area contributed by atoms with E-state index in [1.165, 1.54) is 0 Å². The van der Waals surface area contributed by atoms with Gasteiger partial charge in [-0.15, -0.1) is 0 Å². The minimum Gasteiger partial charge on any atom is -0.342 e. The molecule has 3 nitrogen and oxygen atoms in total. The Labute approximate surface area is 93.0 Å². The molecule has 0 spiro atoms. The summed E-state index contributed by atoms with van der Waals surface area (Å²) in [6.07, 6.45) is 0.709. The van der Waals surface area contributed by atoms with Crippen LogP contribution in [0.15, 0.2) is 0 Å². The molecule has 2 atom stereocenters. The van der Waals surface area contributed by atoms with Crippen molar-refractivity contribution in [3.8, 4) is 0 Å². The van der Waals surface area contributed by atoms with Gasteiger partial charge in [0, 0.05) is 19.5 Å². The number of nitrogens with zero attached hydrogens (tertiary/aromatic N) is 1. The van der Waals surface area contributed by atoms with Crippen molar-refractivity contribution in [3.63, 3.8) is 0 Å². The normalized spacial score (nSPS) is 24.7. The summed E-state index contributed by atoms with van der Waals surface area (Å²) in [5, 5.41) is 0. The summed E-state index contributed by atoms with van der Waals surface area (Å²) in [6.45, 7) is 11.1. The molecule has 0 saturated carbocycles. The first-order valence-electron chi connectivity index (χ1n) is 5.82. The zero-order valence-corrected chi connectivity index (χ0v) is 10.4. The van der Waals surface area contributed by atoms with Gasteiger partial charge >= 0.3 is 0 Å². The van der Waals surface area contributed by atoms with Gasteiger partial charge in [-0.1, -0.05) is 27.7 Å². The van der Waals surface area contributed by atoms with E-state index in [1.807, 2.05) is 4.90 Å². The van der Waals surface area contributed by atoms with Gasteiger partial charge in [-0.05, 0) is 23.8 Å². The lowest BCUT2D eigenvalue weighted by Crippen LogP contribution is -2.33. The highest BCUT2D eigenvalue weighted by Gasteiger charge is 2.36. The summed E-state index contributed by atoms with van der Waals surface area (Å²) < 4.78 is 0. The van der Waals surface area contributed by atoms with Gasteiger partial charge in [0.05, 0.1) is 0 Å². The first-order chi connectivity index (χ1) is 6.84. The number of likely N-dealkylation sites (tertiary alicyclic amines) is 1. The predicted molar refractivity (Wildman–Crippen MR) is 62.4 cm³/mol. The van der Waals surface area contributed by atoms with E-state index in [9.17, 15) is 4.79 Å². The van der Waals surface area contributed by atoms with Crippen LogP contribution in [0.5, 0.6) is 0 Å². The van der Waals surface area contributed by atoms with Crippen LogP contribution in [-0.4, -0.2) is 30.4 Å². The molecule has 1 heterocycles. The molecule has 88 valence electrons. The van der Waals surface area contributed by atoms with Gasteiger partial charge in [0.15, 0.2) is 0 Å². The summed E-state index contributed by atoms with van der Waals surface area (Å²) in [6, 6.07) is 0. The molecule has 1 fully saturated rings. The minimum absolute atomic E-state index is 0.233. The first kappa shape index (κ1) is 12.5. The van der Waals surface area contributed by atoms with E-state index in [1.54, 1.807) is 0 Å². The van der Waals surface area contributed by atoms with Crippen LogP contribution < -0.4 is 5.73 Å². The van der Waals surface area contributed by atoms with Gasteiger partial charge in [-0.2, -0.15) is 0 Å². The minimum atomic E-state index is 0.233. The number of amides is 1. The third-order valence-electron chi connectivity index (χ3n) is 3.37. The molecule has 1 amide bonds. The SMILES string of the molecule is CC(CN)CN1CC(C(C)(C)C)CC1=O. The third kappa shape index (κ3) is 3.20. The molecular formula is C12H24N2O. The lowest BCUT2D eigenvalue weighted by molar-refractivity contribution is -0.128. The summed E-state index contributed by atoms with van der Waals surface area (Å²) in [4.78, 5) is 13.7. The average molecular weight is 212 g/mol. The van der Waals surface area contributed by atoms with Crippen LogP contribution in [0.2, 0.25) is 0 Å². The van der Waals surface area contributed by atoms with Gasteiger partial charge in [0.1, 0.15) is 0 Å². The van der Waals surface area contributed by atoms with E-state index in [2.05, 4.69) is 27.7 Å². The zero-order valence-electron chi connectivity index (χ0n) is 10.4. The molecule has 15 heavy (non-hydrogen) atoms. The molecule has 2 N–H and O–H groups in total. The van der Waals surface area contributed by atoms with Crippen molar-refractivity contribution < 1.29 is 4.79 Å². The van der Waals surface area contributed by atoms with Crippen LogP contribution in [0, 0.1) is 17.3 Å². The molecule has 1 aliphatic rings. The van der Waals surface area contributed by atoms with Gasteiger partial charge in [-0.3, -0.25) is 4.79 Å². The molecule has 3 heteroatoms. The summed E-state index contributed by atoms with van der Waals surface area (Å²) in [7, 11) is 0. The topological polar surface area (TPSA) is 46.3 Å². The van der Waals surface area contributed by atoms with Crippen LogP contribution in [0.1, 0.15) is 34.1 Å². The van der Waals surface area contributed by atoms with Crippen molar-refractivity contribution in [3.05, 3.63) is 0 Å². The smallest absolute Gasteiger partial charge is 0.222 e. The highest BCUT2D eigenvalue weighted by molar-refractivity contribution is 5.78. The number of hydrogen-bond donors (Lipinski definition) is 1. The van der Waals surface area contributed by atoms with E-state index in [-0.39, 0.29) is 5.41 Å². The Morgan fingerprint density at radius 1 is 1.53 bits per heavy atom. The highest BCUT2D eigenvalue weighted by atomic mass is 16.2. The van der Waals surface area contributed by atoms with Crippen molar-refractivity contribution in [1.29, 1.82) is 0 Å². The number of carbonyl (C=O) groups is 1. The number of rotatable bonds is 3. The summed E-state index contributed by atoms with van der Waals surface area (Å²) in [5.74, 6) is 1.21. The third-order valence-corrected chi connectivity index (χ3v) is 3.37. The second-order valence-electron chi connectivity index (χ2n) is 5.91. The Morgan fingerprint density at radius 2 is 2.13 bits per heavy atom. The van der Waals surface area contributed by atoms with Crippen LogP contribution in [0.25, 0.3) is 0 Å². The summed E-state index contributed by atoms with van der Waals surface area (Å²) in [5.41, 5.74) is 5.81.